The number of hydrogen-bond donors (Lipinski definition) is 1. The third-order valence-corrected chi connectivity index (χ3v) is 6.12. The Labute approximate surface area is 168 Å². The summed E-state index contributed by atoms with van der Waals surface area (Å²) in [4.78, 5) is 4.91. The molecule has 1 atom stereocenters. The molecule has 1 N–H and O–H groups in total. The summed E-state index contributed by atoms with van der Waals surface area (Å²) in [7, 11) is 0. The molecule has 0 amide bonds. The Bertz CT molecular complexity index is 910. The Morgan fingerprint density at radius 2 is 1.46 bits per heavy atom. The maximum atomic E-state index is 10.8. The van der Waals surface area contributed by atoms with Crippen molar-refractivity contribution < 1.29 is 5.11 Å². The van der Waals surface area contributed by atoms with Gasteiger partial charge in [0.2, 0.25) is 0 Å². The molecule has 3 aromatic rings. The Hall–Kier alpha value is -2.14. The van der Waals surface area contributed by atoms with Crippen LogP contribution >= 0.6 is 0 Å². The molecular formula is C24H31N3O. The SMILES string of the molecule is Cc1c(C)n(C[C@H](O)CN2CCN(Cc3ccccc3)CC2)c2ccccc12. The molecule has 1 aliphatic rings. The molecule has 0 radical (unpaired) electrons. The average Bonchev–Trinajstić information content (AvgIpc) is 2.95. The van der Waals surface area contributed by atoms with Crippen molar-refractivity contribution in [3.8, 4) is 0 Å². The second kappa shape index (κ2) is 8.48. The van der Waals surface area contributed by atoms with E-state index < -0.39 is 0 Å². The molecule has 1 fully saturated rings. The quantitative estimate of drug-likeness (QED) is 0.714. The van der Waals surface area contributed by atoms with Gasteiger partial charge >= 0.3 is 0 Å². The van der Waals surface area contributed by atoms with Gasteiger partial charge in [0.1, 0.15) is 0 Å². The summed E-state index contributed by atoms with van der Waals surface area (Å²) in [6.07, 6.45) is -0.352. The molecule has 0 bridgehead atoms. The molecular weight excluding hydrogens is 346 g/mol. The van der Waals surface area contributed by atoms with Gasteiger partial charge in [-0.1, -0.05) is 48.5 Å². The van der Waals surface area contributed by atoms with Crippen LogP contribution in [0.2, 0.25) is 0 Å². The predicted molar refractivity (Wildman–Crippen MR) is 116 cm³/mol. The highest BCUT2D eigenvalue weighted by Crippen LogP contribution is 2.25. The van der Waals surface area contributed by atoms with Crippen LogP contribution in [0.25, 0.3) is 10.9 Å². The van der Waals surface area contributed by atoms with Gasteiger partial charge in [-0.05, 0) is 31.0 Å². The fraction of sp³-hybridized carbons (Fsp3) is 0.417. The molecule has 4 rings (SSSR count). The summed E-state index contributed by atoms with van der Waals surface area (Å²) in [5.41, 5.74) is 5.18. The van der Waals surface area contributed by atoms with Gasteiger partial charge in [0, 0.05) is 55.9 Å². The van der Waals surface area contributed by atoms with Crippen molar-refractivity contribution in [3.05, 3.63) is 71.4 Å². The van der Waals surface area contributed by atoms with E-state index in [0.717, 1.165) is 39.3 Å². The van der Waals surface area contributed by atoms with Crippen molar-refractivity contribution in [3.63, 3.8) is 0 Å². The van der Waals surface area contributed by atoms with Crippen molar-refractivity contribution in [2.24, 2.45) is 0 Å². The zero-order chi connectivity index (χ0) is 19.5. The number of aromatic nitrogens is 1. The lowest BCUT2D eigenvalue weighted by Crippen LogP contribution is -2.48. The fourth-order valence-electron chi connectivity index (χ4n) is 4.38. The van der Waals surface area contributed by atoms with Crippen LogP contribution in [0.4, 0.5) is 0 Å². The molecule has 1 aliphatic heterocycles. The van der Waals surface area contributed by atoms with E-state index in [2.05, 4.69) is 82.8 Å². The van der Waals surface area contributed by atoms with E-state index in [4.69, 9.17) is 0 Å². The van der Waals surface area contributed by atoms with E-state index in [9.17, 15) is 5.11 Å². The average molecular weight is 378 g/mol. The Morgan fingerprint density at radius 1 is 0.821 bits per heavy atom. The van der Waals surface area contributed by atoms with Crippen LogP contribution in [0.5, 0.6) is 0 Å². The summed E-state index contributed by atoms with van der Waals surface area (Å²) >= 11 is 0. The minimum atomic E-state index is -0.352. The lowest BCUT2D eigenvalue weighted by atomic mass is 10.2. The number of fused-ring (bicyclic) bond motifs is 1. The largest absolute Gasteiger partial charge is 0.390 e. The molecule has 28 heavy (non-hydrogen) atoms. The zero-order valence-electron chi connectivity index (χ0n) is 17.0. The molecule has 0 spiro atoms. The van der Waals surface area contributed by atoms with Crippen molar-refractivity contribution in [2.75, 3.05) is 32.7 Å². The Balaban J connectivity index is 1.32. The van der Waals surface area contributed by atoms with E-state index in [1.54, 1.807) is 0 Å². The fourth-order valence-corrected chi connectivity index (χ4v) is 4.38. The van der Waals surface area contributed by atoms with Crippen LogP contribution in [0.3, 0.4) is 0 Å². The van der Waals surface area contributed by atoms with Gasteiger partial charge < -0.3 is 9.67 Å². The number of hydrogen-bond acceptors (Lipinski definition) is 3. The molecule has 1 saturated heterocycles. The lowest BCUT2D eigenvalue weighted by molar-refractivity contribution is 0.0626. The normalized spacial score (nSPS) is 17.2. The summed E-state index contributed by atoms with van der Waals surface area (Å²) in [5, 5.41) is 12.1. The van der Waals surface area contributed by atoms with Gasteiger partial charge in [-0.3, -0.25) is 9.80 Å². The molecule has 0 saturated carbocycles. The van der Waals surface area contributed by atoms with Crippen molar-refractivity contribution in [2.45, 2.75) is 33.0 Å². The minimum Gasteiger partial charge on any atom is -0.390 e. The van der Waals surface area contributed by atoms with Crippen LogP contribution < -0.4 is 0 Å². The third-order valence-electron chi connectivity index (χ3n) is 6.12. The monoisotopic (exact) mass is 377 g/mol. The second-order valence-corrected chi connectivity index (χ2v) is 8.05. The highest BCUT2D eigenvalue weighted by atomic mass is 16.3. The van der Waals surface area contributed by atoms with E-state index in [1.807, 2.05) is 0 Å². The summed E-state index contributed by atoms with van der Waals surface area (Å²) in [6, 6.07) is 19.2. The molecule has 1 aromatic heterocycles. The first-order chi connectivity index (χ1) is 13.6. The lowest BCUT2D eigenvalue weighted by Gasteiger charge is -2.35. The molecule has 0 unspecified atom stereocenters. The topological polar surface area (TPSA) is 31.6 Å². The number of aryl methyl sites for hydroxylation is 1. The smallest absolute Gasteiger partial charge is 0.0845 e. The van der Waals surface area contributed by atoms with E-state index in [-0.39, 0.29) is 6.10 Å². The van der Waals surface area contributed by atoms with E-state index >= 15 is 0 Å². The molecule has 2 aromatic carbocycles. The highest BCUT2D eigenvalue weighted by molar-refractivity contribution is 5.85. The maximum Gasteiger partial charge on any atom is 0.0845 e. The van der Waals surface area contributed by atoms with Crippen LogP contribution in [-0.2, 0) is 13.1 Å². The van der Waals surface area contributed by atoms with Crippen LogP contribution in [0.1, 0.15) is 16.8 Å². The number of benzene rings is 2. The van der Waals surface area contributed by atoms with Gasteiger partial charge in [0.25, 0.3) is 0 Å². The second-order valence-electron chi connectivity index (χ2n) is 8.05. The van der Waals surface area contributed by atoms with Gasteiger partial charge in [-0.2, -0.15) is 0 Å². The Morgan fingerprint density at radius 3 is 2.21 bits per heavy atom. The van der Waals surface area contributed by atoms with Crippen molar-refractivity contribution >= 4 is 10.9 Å². The maximum absolute atomic E-state index is 10.8. The van der Waals surface area contributed by atoms with Gasteiger partial charge in [0.05, 0.1) is 12.6 Å². The highest BCUT2D eigenvalue weighted by Gasteiger charge is 2.20. The number of aliphatic hydroxyl groups excluding tert-OH is 1. The number of β-amino-alcohol motifs (C(OH)–C–C–N with tert-alkyl or cyclic N) is 1. The van der Waals surface area contributed by atoms with Crippen LogP contribution in [0, 0.1) is 13.8 Å². The molecule has 4 nitrogen and oxygen atoms in total. The summed E-state index contributed by atoms with van der Waals surface area (Å²) < 4.78 is 2.28. The third kappa shape index (κ3) is 4.14. The Kier molecular flexibility index (Phi) is 5.81. The van der Waals surface area contributed by atoms with Gasteiger partial charge in [-0.15, -0.1) is 0 Å². The molecule has 0 aliphatic carbocycles. The number of nitrogens with zero attached hydrogens (tertiary/aromatic N) is 3. The molecule has 148 valence electrons. The summed E-state index contributed by atoms with van der Waals surface area (Å²) in [5.74, 6) is 0. The van der Waals surface area contributed by atoms with E-state index in [1.165, 1.54) is 27.7 Å². The van der Waals surface area contributed by atoms with Crippen molar-refractivity contribution in [1.29, 1.82) is 0 Å². The van der Waals surface area contributed by atoms with Crippen LogP contribution in [0.15, 0.2) is 54.6 Å². The molecule has 4 heteroatoms. The van der Waals surface area contributed by atoms with Gasteiger partial charge in [0.15, 0.2) is 0 Å². The van der Waals surface area contributed by atoms with Gasteiger partial charge in [-0.25, -0.2) is 0 Å². The first-order valence-electron chi connectivity index (χ1n) is 10.3. The number of para-hydroxylation sites is 1. The number of rotatable bonds is 6. The summed E-state index contributed by atoms with van der Waals surface area (Å²) in [6.45, 7) is 10.9. The van der Waals surface area contributed by atoms with Crippen LogP contribution in [-0.4, -0.2) is 58.3 Å². The number of aliphatic hydroxyl groups is 1. The number of piperazine rings is 1. The predicted octanol–water partition coefficient (Wildman–Crippen LogP) is 3.44. The van der Waals surface area contributed by atoms with E-state index in [0.29, 0.717) is 6.54 Å². The first kappa shape index (κ1) is 19.2. The minimum absolute atomic E-state index is 0.352. The first-order valence-corrected chi connectivity index (χ1v) is 10.3. The zero-order valence-corrected chi connectivity index (χ0v) is 17.0. The molecule has 2 heterocycles. The standard InChI is InChI=1S/C24H31N3O/c1-19-20(2)27(24-11-7-6-10-23(19)24)18-22(28)17-26-14-12-25(13-15-26)16-21-8-4-3-5-9-21/h3-11,22,28H,12-18H2,1-2H3/t22-/m1/s1. The van der Waals surface area contributed by atoms with Crippen molar-refractivity contribution in [1.82, 2.24) is 14.4 Å².